The van der Waals surface area contributed by atoms with Gasteiger partial charge in [0.25, 0.3) is 0 Å². The Kier molecular flexibility index (Phi) is 5.35. The monoisotopic (exact) mass is 307 g/mol. The molecule has 2 aromatic carbocycles. The van der Waals surface area contributed by atoms with Crippen LogP contribution in [0.15, 0.2) is 41.3 Å². The molecule has 0 heterocycles. The topological polar surface area (TPSA) is 35.2 Å². The minimum Gasteiger partial charge on any atom is -0.455 e. The second-order valence-corrected chi connectivity index (χ2v) is 6.12. The molecule has 0 aliphatic heterocycles. The number of nitrogens with two attached hydrogens (primary N) is 1. The number of halogens is 1. The summed E-state index contributed by atoms with van der Waals surface area (Å²) < 4.78 is 5.97. The van der Waals surface area contributed by atoms with Crippen molar-refractivity contribution in [1.82, 2.24) is 0 Å². The number of ether oxygens (including phenoxy) is 1. The number of aryl methyl sites for hydroxylation is 1. The average molecular weight is 308 g/mol. The van der Waals surface area contributed by atoms with E-state index in [1.54, 1.807) is 11.8 Å². The van der Waals surface area contributed by atoms with Crippen molar-refractivity contribution in [3.8, 4) is 11.5 Å². The lowest BCUT2D eigenvalue weighted by Gasteiger charge is -2.14. The average Bonchev–Trinajstić information content (AvgIpc) is 2.43. The van der Waals surface area contributed by atoms with Crippen LogP contribution < -0.4 is 10.5 Å². The van der Waals surface area contributed by atoms with Crippen LogP contribution in [0.5, 0.6) is 11.5 Å². The van der Waals surface area contributed by atoms with Crippen LogP contribution in [0.1, 0.15) is 18.1 Å². The van der Waals surface area contributed by atoms with E-state index < -0.39 is 0 Å². The van der Waals surface area contributed by atoms with Gasteiger partial charge in [0.05, 0.1) is 5.02 Å². The highest BCUT2D eigenvalue weighted by Crippen LogP contribution is 2.35. The number of hydrogen-bond acceptors (Lipinski definition) is 3. The fourth-order valence-corrected chi connectivity index (χ4v) is 2.94. The smallest absolute Gasteiger partial charge is 0.146 e. The SMILES string of the molecule is CCSc1cccc(Oc2cc(C)ccc2Cl)c1CN. The first-order valence-corrected chi connectivity index (χ1v) is 7.90. The molecule has 2 nitrogen and oxygen atoms in total. The van der Waals surface area contributed by atoms with Gasteiger partial charge in [-0.25, -0.2) is 0 Å². The molecule has 0 fully saturated rings. The fourth-order valence-electron chi connectivity index (χ4n) is 1.94. The van der Waals surface area contributed by atoms with Gasteiger partial charge < -0.3 is 10.5 Å². The van der Waals surface area contributed by atoms with Crippen LogP contribution in [0.3, 0.4) is 0 Å². The van der Waals surface area contributed by atoms with Gasteiger partial charge in [0, 0.05) is 17.0 Å². The van der Waals surface area contributed by atoms with Gasteiger partial charge in [0.1, 0.15) is 11.5 Å². The molecule has 106 valence electrons. The maximum atomic E-state index is 6.18. The highest BCUT2D eigenvalue weighted by molar-refractivity contribution is 7.99. The number of rotatable bonds is 5. The van der Waals surface area contributed by atoms with Crippen molar-refractivity contribution in [3.05, 3.63) is 52.5 Å². The van der Waals surface area contributed by atoms with Crippen molar-refractivity contribution >= 4 is 23.4 Å². The van der Waals surface area contributed by atoms with E-state index in [9.17, 15) is 0 Å². The molecule has 2 rings (SSSR count). The van der Waals surface area contributed by atoms with Gasteiger partial charge in [0.15, 0.2) is 0 Å². The molecule has 2 aromatic rings. The van der Waals surface area contributed by atoms with Crippen LogP contribution in [-0.2, 0) is 6.54 Å². The molecule has 4 heteroatoms. The molecule has 0 atom stereocenters. The highest BCUT2D eigenvalue weighted by atomic mass is 35.5. The predicted octanol–water partition coefficient (Wildman–Crippen LogP) is 5.01. The Morgan fingerprint density at radius 1 is 1.20 bits per heavy atom. The Morgan fingerprint density at radius 3 is 2.70 bits per heavy atom. The van der Waals surface area contributed by atoms with Gasteiger partial charge in [-0.05, 0) is 42.5 Å². The van der Waals surface area contributed by atoms with Gasteiger partial charge in [0.2, 0.25) is 0 Å². The first kappa shape index (κ1) is 15.2. The largest absolute Gasteiger partial charge is 0.455 e. The summed E-state index contributed by atoms with van der Waals surface area (Å²) in [6.45, 7) is 4.58. The summed E-state index contributed by atoms with van der Waals surface area (Å²) in [5.41, 5.74) is 8.01. The second-order valence-electron chi connectivity index (χ2n) is 4.41. The summed E-state index contributed by atoms with van der Waals surface area (Å²) in [5, 5.41) is 0.604. The van der Waals surface area contributed by atoms with E-state index in [1.807, 2.05) is 37.3 Å². The van der Waals surface area contributed by atoms with E-state index >= 15 is 0 Å². The van der Waals surface area contributed by atoms with Crippen molar-refractivity contribution in [2.75, 3.05) is 5.75 Å². The molecule has 0 aliphatic rings. The summed E-state index contributed by atoms with van der Waals surface area (Å²) in [6.07, 6.45) is 0. The summed E-state index contributed by atoms with van der Waals surface area (Å²) in [4.78, 5) is 1.16. The quantitative estimate of drug-likeness (QED) is 0.788. The molecule has 0 aromatic heterocycles. The number of thioether (sulfide) groups is 1. The molecule has 2 N–H and O–H groups in total. The van der Waals surface area contributed by atoms with Crippen LogP contribution in [0, 0.1) is 6.92 Å². The zero-order chi connectivity index (χ0) is 14.5. The van der Waals surface area contributed by atoms with Crippen molar-refractivity contribution in [2.24, 2.45) is 5.73 Å². The number of hydrogen-bond donors (Lipinski definition) is 1. The zero-order valence-corrected chi connectivity index (χ0v) is 13.2. The molecule has 0 aliphatic carbocycles. The Morgan fingerprint density at radius 2 is 2.00 bits per heavy atom. The molecule has 0 amide bonds. The third-order valence-electron chi connectivity index (χ3n) is 2.90. The summed E-state index contributed by atoms with van der Waals surface area (Å²) >= 11 is 7.95. The molecular weight excluding hydrogens is 290 g/mol. The zero-order valence-electron chi connectivity index (χ0n) is 11.7. The molecule has 20 heavy (non-hydrogen) atoms. The van der Waals surface area contributed by atoms with Gasteiger partial charge in [-0.15, -0.1) is 11.8 Å². The van der Waals surface area contributed by atoms with Crippen LogP contribution >= 0.6 is 23.4 Å². The van der Waals surface area contributed by atoms with E-state index in [1.165, 1.54) is 0 Å². The Labute approximate surface area is 129 Å². The Hall–Kier alpha value is -1.16. The highest BCUT2D eigenvalue weighted by Gasteiger charge is 2.11. The van der Waals surface area contributed by atoms with Gasteiger partial charge in [-0.2, -0.15) is 0 Å². The normalized spacial score (nSPS) is 10.6. The maximum Gasteiger partial charge on any atom is 0.146 e. The molecule has 0 unspecified atom stereocenters. The first-order valence-electron chi connectivity index (χ1n) is 6.54. The number of benzene rings is 2. The molecule has 0 saturated carbocycles. The first-order chi connectivity index (χ1) is 9.65. The lowest BCUT2D eigenvalue weighted by atomic mass is 10.2. The molecule has 0 bridgehead atoms. The maximum absolute atomic E-state index is 6.18. The van der Waals surface area contributed by atoms with Crippen LogP contribution in [0.25, 0.3) is 0 Å². The van der Waals surface area contributed by atoms with Crippen LogP contribution in [0.2, 0.25) is 5.02 Å². The third kappa shape index (κ3) is 3.48. The van der Waals surface area contributed by atoms with Crippen LogP contribution in [0.4, 0.5) is 0 Å². The third-order valence-corrected chi connectivity index (χ3v) is 4.20. The van der Waals surface area contributed by atoms with Crippen molar-refractivity contribution in [2.45, 2.75) is 25.3 Å². The lowest BCUT2D eigenvalue weighted by Crippen LogP contribution is -2.02. The molecular formula is C16H18ClNOS. The predicted molar refractivity (Wildman–Crippen MR) is 87.0 cm³/mol. The molecule has 0 saturated heterocycles. The minimum absolute atomic E-state index is 0.446. The van der Waals surface area contributed by atoms with E-state index in [-0.39, 0.29) is 0 Å². The standard InChI is InChI=1S/C16H18ClNOS/c1-3-20-16-6-4-5-14(12(16)10-18)19-15-9-11(2)7-8-13(15)17/h4-9H,3,10,18H2,1-2H3. The fraction of sp³-hybridized carbons (Fsp3) is 0.250. The van der Waals surface area contributed by atoms with Crippen molar-refractivity contribution in [3.63, 3.8) is 0 Å². The van der Waals surface area contributed by atoms with E-state index in [0.717, 1.165) is 27.5 Å². The molecule has 0 spiro atoms. The summed E-state index contributed by atoms with van der Waals surface area (Å²) in [6, 6.07) is 11.7. The van der Waals surface area contributed by atoms with Gasteiger partial charge in [-0.1, -0.05) is 30.7 Å². The van der Waals surface area contributed by atoms with E-state index in [2.05, 4.69) is 13.0 Å². The minimum atomic E-state index is 0.446. The van der Waals surface area contributed by atoms with Gasteiger partial charge >= 0.3 is 0 Å². The summed E-state index contributed by atoms with van der Waals surface area (Å²) in [7, 11) is 0. The van der Waals surface area contributed by atoms with E-state index in [4.69, 9.17) is 22.1 Å². The van der Waals surface area contributed by atoms with Gasteiger partial charge in [-0.3, -0.25) is 0 Å². The van der Waals surface area contributed by atoms with Crippen molar-refractivity contribution < 1.29 is 4.74 Å². The molecule has 0 radical (unpaired) electrons. The van der Waals surface area contributed by atoms with E-state index in [0.29, 0.717) is 17.3 Å². The van der Waals surface area contributed by atoms with Crippen molar-refractivity contribution in [1.29, 1.82) is 0 Å². The lowest BCUT2D eigenvalue weighted by molar-refractivity contribution is 0.474. The Bertz CT molecular complexity index is 601. The summed E-state index contributed by atoms with van der Waals surface area (Å²) in [5.74, 6) is 2.44. The van der Waals surface area contributed by atoms with Crippen LogP contribution in [-0.4, -0.2) is 5.75 Å². The Balaban J connectivity index is 2.37. The second kappa shape index (κ2) is 7.02.